The van der Waals surface area contributed by atoms with Crippen LogP contribution < -0.4 is 0 Å². The number of fused-ring (bicyclic) bond motifs is 2. The second kappa shape index (κ2) is 9.73. The molecular weight excluding hydrogens is 368 g/mol. The minimum Gasteiger partial charge on any atom is -0.358 e. The van der Waals surface area contributed by atoms with Crippen LogP contribution in [0.15, 0.2) is 47.5 Å². The number of para-hydroxylation sites is 1. The van der Waals surface area contributed by atoms with Crippen LogP contribution in [-0.4, -0.2) is 35.7 Å². The minimum atomic E-state index is 0.771. The summed E-state index contributed by atoms with van der Waals surface area (Å²) in [5, 5.41) is 10.4. The molecule has 0 spiro atoms. The van der Waals surface area contributed by atoms with E-state index in [4.69, 9.17) is 5.26 Å². The Kier molecular flexibility index (Phi) is 6.61. The molecule has 30 heavy (non-hydrogen) atoms. The van der Waals surface area contributed by atoms with Gasteiger partial charge in [-0.25, -0.2) is 0 Å². The third kappa shape index (κ3) is 4.80. The van der Waals surface area contributed by atoms with Gasteiger partial charge in [-0.2, -0.15) is 5.26 Å². The third-order valence-electron chi connectivity index (χ3n) is 6.16. The van der Waals surface area contributed by atoms with Crippen LogP contribution in [0, 0.1) is 18.3 Å². The number of aromatic amines is 1. The molecule has 2 heterocycles. The Balaban J connectivity index is 1.15. The summed E-state index contributed by atoms with van der Waals surface area (Å²) in [4.78, 5) is 10.7. The SMILES string of the molecule is Cc1c(CCC=NCCCCN2CCc3ccc(C#N)cc3C2)[nH]c2ccccc12. The molecule has 1 aliphatic heterocycles. The van der Waals surface area contributed by atoms with Crippen molar-refractivity contribution in [2.45, 2.75) is 45.6 Å². The van der Waals surface area contributed by atoms with Gasteiger partial charge in [0.25, 0.3) is 0 Å². The number of rotatable bonds is 8. The molecule has 0 unspecified atom stereocenters. The highest BCUT2D eigenvalue weighted by Crippen LogP contribution is 2.22. The molecule has 2 aromatic carbocycles. The number of H-pyrrole nitrogens is 1. The first-order valence-electron chi connectivity index (χ1n) is 11.0. The van der Waals surface area contributed by atoms with Crippen molar-refractivity contribution in [3.63, 3.8) is 0 Å². The van der Waals surface area contributed by atoms with Crippen molar-refractivity contribution >= 4 is 17.1 Å². The zero-order valence-electron chi connectivity index (χ0n) is 17.8. The summed E-state index contributed by atoms with van der Waals surface area (Å²) in [6, 6.07) is 16.9. The van der Waals surface area contributed by atoms with E-state index in [0.29, 0.717) is 0 Å². The topological polar surface area (TPSA) is 55.2 Å². The second-order valence-corrected chi connectivity index (χ2v) is 8.23. The molecule has 0 saturated carbocycles. The summed E-state index contributed by atoms with van der Waals surface area (Å²) >= 11 is 0. The maximum absolute atomic E-state index is 9.10. The first kappa shape index (κ1) is 20.4. The van der Waals surface area contributed by atoms with Crippen molar-refractivity contribution in [3.05, 3.63) is 70.4 Å². The average Bonchev–Trinajstić information content (AvgIpc) is 3.10. The number of unbranched alkanes of at least 4 members (excludes halogenated alkanes) is 1. The molecule has 0 amide bonds. The monoisotopic (exact) mass is 398 g/mol. The molecule has 0 saturated heterocycles. The second-order valence-electron chi connectivity index (χ2n) is 8.23. The van der Waals surface area contributed by atoms with Crippen molar-refractivity contribution in [1.82, 2.24) is 9.88 Å². The van der Waals surface area contributed by atoms with Gasteiger partial charge in [-0.3, -0.25) is 9.89 Å². The lowest BCUT2D eigenvalue weighted by Gasteiger charge is -2.28. The molecule has 154 valence electrons. The van der Waals surface area contributed by atoms with Crippen LogP contribution in [0.1, 0.15) is 47.2 Å². The average molecular weight is 399 g/mol. The quantitative estimate of drug-likeness (QED) is 0.419. The van der Waals surface area contributed by atoms with E-state index in [1.54, 1.807) is 0 Å². The fourth-order valence-corrected chi connectivity index (χ4v) is 4.39. The first-order valence-corrected chi connectivity index (χ1v) is 11.0. The maximum Gasteiger partial charge on any atom is 0.0991 e. The van der Waals surface area contributed by atoms with Gasteiger partial charge in [0, 0.05) is 36.2 Å². The van der Waals surface area contributed by atoms with Gasteiger partial charge in [0.1, 0.15) is 0 Å². The molecule has 4 heteroatoms. The van der Waals surface area contributed by atoms with Gasteiger partial charge in [-0.05, 0) is 86.7 Å². The molecule has 1 aliphatic rings. The predicted octanol–water partition coefficient (Wildman–Crippen LogP) is 5.19. The molecule has 3 aromatic rings. The van der Waals surface area contributed by atoms with Gasteiger partial charge < -0.3 is 4.98 Å². The number of aromatic nitrogens is 1. The number of nitriles is 1. The van der Waals surface area contributed by atoms with E-state index in [9.17, 15) is 0 Å². The Bertz CT molecular complexity index is 1070. The van der Waals surface area contributed by atoms with E-state index >= 15 is 0 Å². The first-order chi connectivity index (χ1) is 14.7. The lowest BCUT2D eigenvalue weighted by molar-refractivity contribution is 0.249. The fourth-order valence-electron chi connectivity index (χ4n) is 4.39. The Morgan fingerprint density at radius 3 is 2.93 bits per heavy atom. The molecular formula is C26H30N4. The molecule has 1 aromatic heterocycles. The van der Waals surface area contributed by atoms with Crippen molar-refractivity contribution in [1.29, 1.82) is 5.26 Å². The van der Waals surface area contributed by atoms with Crippen LogP contribution in [0.5, 0.6) is 0 Å². The highest BCUT2D eigenvalue weighted by molar-refractivity contribution is 5.84. The Labute approximate surface area is 179 Å². The van der Waals surface area contributed by atoms with Gasteiger partial charge in [0.15, 0.2) is 0 Å². The number of nitrogens with zero attached hydrogens (tertiary/aromatic N) is 3. The van der Waals surface area contributed by atoms with Crippen LogP contribution in [-0.2, 0) is 19.4 Å². The van der Waals surface area contributed by atoms with Crippen molar-refractivity contribution in [2.24, 2.45) is 4.99 Å². The summed E-state index contributed by atoms with van der Waals surface area (Å²) in [7, 11) is 0. The number of aliphatic imine (C=N–C) groups is 1. The fraction of sp³-hybridized carbons (Fsp3) is 0.385. The predicted molar refractivity (Wildman–Crippen MR) is 124 cm³/mol. The standard InChI is InChI=1S/C26H30N4/c1-20-24-7-2-3-8-26(24)29-25(20)9-6-14-28-13-4-5-15-30-16-12-22-11-10-21(18-27)17-23(22)19-30/h2-3,7-8,10-11,14,17,29H,4-6,9,12-13,15-16,19H2,1H3. The summed E-state index contributed by atoms with van der Waals surface area (Å²) in [5.41, 5.74) is 7.42. The minimum absolute atomic E-state index is 0.771. The van der Waals surface area contributed by atoms with Crippen LogP contribution in [0.2, 0.25) is 0 Å². The number of nitrogens with one attached hydrogen (secondary N) is 1. The Morgan fingerprint density at radius 1 is 1.17 bits per heavy atom. The number of hydrogen-bond acceptors (Lipinski definition) is 3. The number of aryl methyl sites for hydroxylation is 2. The molecule has 4 rings (SSSR count). The lowest BCUT2D eigenvalue weighted by atomic mass is 9.97. The highest BCUT2D eigenvalue weighted by atomic mass is 15.1. The van der Waals surface area contributed by atoms with E-state index in [0.717, 1.165) is 57.4 Å². The molecule has 0 fully saturated rings. The molecule has 1 N–H and O–H groups in total. The van der Waals surface area contributed by atoms with E-state index in [2.05, 4.69) is 70.5 Å². The summed E-state index contributed by atoms with van der Waals surface area (Å²) in [6.45, 7) is 6.31. The largest absolute Gasteiger partial charge is 0.358 e. The lowest BCUT2D eigenvalue weighted by Crippen LogP contribution is -2.31. The van der Waals surface area contributed by atoms with Crippen molar-refractivity contribution in [2.75, 3.05) is 19.6 Å². The van der Waals surface area contributed by atoms with Crippen LogP contribution in [0.25, 0.3) is 10.9 Å². The third-order valence-corrected chi connectivity index (χ3v) is 6.16. The molecule has 0 bridgehead atoms. The molecule has 0 aliphatic carbocycles. The number of benzene rings is 2. The number of hydrogen-bond donors (Lipinski definition) is 1. The van der Waals surface area contributed by atoms with Gasteiger partial charge in [0.2, 0.25) is 0 Å². The van der Waals surface area contributed by atoms with E-state index in [-0.39, 0.29) is 0 Å². The summed E-state index contributed by atoms with van der Waals surface area (Å²) < 4.78 is 0. The van der Waals surface area contributed by atoms with E-state index < -0.39 is 0 Å². The zero-order chi connectivity index (χ0) is 20.8. The van der Waals surface area contributed by atoms with E-state index in [1.165, 1.54) is 39.7 Å². The van der Waals surface area contributed by atoms with Gasteiger partial charge >= 0.3 is 0 Å². The Hall–Kier alpha value is -2.90. The summed E-state index contributed by atoms with van der Waals surface area (Å²) in [6.07, 6.45) is 7.48. The highest BCUT2D eigenvalue weighted by Gasteiger charge is 2.16. The van der Waals surface area contributed by atoms with Gasteiger partial charge in [0.05, 0.1) is 11.6 Å². The molecule has 0 atom stereocenters. The molecule has 0 radical (unpaired) electrons. The smallest absolute Gasteiger partial charge is 0.0991 e. The van der Waals surface area contributed by atoms with Crippen molar-refractivity contribution < 1.29 is 0 Å². The zero-order valence-corrected chi connectivity index (χ0v) is 17.8. The molecule has 4 nitrogen and oxygen atoms in total. The van der Waals surface area contributed by atoms with Crippen molar-refractivity contribution in [3.8, 4) is 6.07 Å². The maximum atomic E-state index is 9.10. The van der Waals surface area contributed by atoms with Gasteiger partial charge in [-0.15, -0.1) is 0 Å². The van der Waals surface area contributed by atoms with Crippen LogP contribution >= 0.6 is 0 Å². The van der Waals surface area contributed by atoms with Crippen LogP contribution in [0.4, 0.5) is 0 Å². The van der Waals surface area contributed by atoms with E-state index in [1.807, 2.05) is 6.07 Å². The van der Waals surface area contributed by atoms with Gasteiger partial charge in [-0.1, -0.05) is 24.3 Å². The Morgan fingerprint density at radius 2 is 2.07 bits per heavy atom. The summed E-state index contributed by atoms with van der Waals surface area (Å²) in [5.74, 6) is 0. The normalized spacial score (nSPS) is 14.3. The van der Waals surface area contributed by atoms with Crippen LogP contribution in [0.3, 0.4) is 0 Å².